The second-order valence-corrected chi connectivity index (χ2v) is 8.09. The molecule has 27 heavy (non-hydrogen) atoms. The van der Waals surface area contributed by atoms with Gasteiger partial charge >= 0.3 is 0 Å². The lowest BCUT2D eigenvalue weighted by Gasteiger charge is -2.39. The fourth-order valence-electron chi connectivity index (χ4n) is 3.81. The van der Waals surface area contributed by atoms with Gasteiger partial charge < -0.3 is 10.0 Å². The van der Waals surface area contributed by atoms with E-state index in [-0.39, 0.29) is 0 Å². The summed E-state index contributed by atoms with van der Waals surface area (Å²) < 4.78 is 0. The van der Waals surface area contributed by atoms with Gasteiger partial charge in [0.2, 0.25) is 5.65 Å². The third kappa shape index (κ3) is 3.18. The van der Waals surface area contributed by atoms with Crippen LogP contribution in [0.25, 0.3) is 11.2 Å². The summed E-state index contributed by atoms with van der Waals surface area (Å²) in [6.07, 6.45) is 5.34. The zero-order valence-electron chi connectivity index (χ0n) is 16.2. The van der Waals surface area contributed by atoms with Crippen LogP contribution in [-0.4, -0.2) is 38.4 Å². The molecule has 1 aromatic carbocycles. The number of anilines is 1. The fourth-order valence-corrected chi connectivity index (χ4v) is 3.81. The van der Waals surface area contributed by atoms with E-state index in [0.29, 0.717) is 22.3 Å². The minimum Gasteiger partial charge on any atom is -0.379 e. The van der Waals surface area contributed by atoms with Crippen molar-refractivity contribution in [2.45, 2.75) is 45.6 Å². The van der Waals surface area contributed by atoms with Crippen LogP contribution in [0.4, 0.5) is 5.82 Å². The maximum absolute atomic E-state index is 11.1. The molecule has 1 aliphatic rings. The van der Waals surface area contributed by atoms with Crippen LogP contribution in [0.1, 0.15) is 51.3 Å². The first-order chi connectivity index (χ1) is 12.9. The van der Waals surface area contributed by atoms with Crippen LogP contribution >= 0.6 is 0 Å². The molecule has 3 heterocycles. The van der Waals surface area contributed by atoms with E-state index in [4.69, 9.17) is 4.98 Å². The van der Waals surface area contributed by atoms with Crippen molar-refractivity contribution >= 4 is 17.0 Å². The molecule has 2 N–H and O–H groups in total. The molecule has 4 rings (SSSR count). The number of rotatable bonds is 4. The van der Waals surface area contributed by atoms with Crippen molar-refractivity contribution in [2.75, 3.05) is 18.0 Å². The molecule has 0 saturated carbocycles. The molecular formula is C21H27N5O. The number of hydrogen-bond donors (Lipinski definition) is 2. The van der Waals surface area contributed by atoms with Crippen LogP contribution in [0.15, 0.2) is 36.5 Å². The van der Waals surface area contributed by atoms with Gasteiger partial charge in [-0.3, -0.25) is 5.10 Å². The van der Waals surface area contributed by atoms with E-state index in [2.05, 4.69) is 33.9 Å². The Morgan fingerprint density at radius 2 is 1.93 bits per heavy atom. The van der Waals surface area contributed by atoms with E-state index in [1.165, 1.54) is 6.42 Å². The zero-order valence-corrected chi connectivity index (χ0v) is 16.2. The maximum atomic E-state index is 11.1. The molecule has 0 spiro atoms. The normalized spacial score (nSPS) is 19.2. The number of fused-ring (bicyclic) bond motifs is 1. The van der Waals surface area contributed by atoms with Gasteiger partial charge in [0, 0.05) is 13.1 Å². The number of piperidine rings is 1. The van der Waals surface area contributed by atoms with Gasteiger partial charge in [-0.15, -0.1) is 0 Å². The number of aromatic amines is 1. The molecule has 1 unspecified atom stereocenters. The predicted molar refractivity (Wildman–Crippen MR) is 107 cm³/mol. The monoisotopic (exact) mass is 365 g/mol. The Labute approximate surface area is 159 Å². The topological polar surface area (TPSA) is 77.9 Å². The van der Waals surface area contributed by atoms with Crippen molar-refractivity contribution in [3.63, 3.8) is 0 Å². The highest BCUT2D eigenvalue weighted by atomic mass is 16.3. The Morgan fingerprint density at radius 3 is 2.59 bits per heavy atom. The van der Waals surface area contributed by atoms with E-state index in [9.17, 15) is 5.11 Å². The second kappa shape index (κ2) is 6.60. The molecule has 3 aromatic rings. The van der Waals surface area contributed by atoms with Gasteiger partial charge in [-0.25, -0.2) is 9.97 Å². The molecule has 6 nitrogen and oxygen atoms in total. The lowest BCUT2D eigenvalue weighted by Crippen LogP contribution is -2.38. The lowest BCUT2D eigenvalue weighted by molar-refractivity contribution is 0.0986. The molecule has 142 valence electrons. The van der Waals surface area contributed by atoms with E-state index >= 15 is 0 Å². The zero-order chi connectivity index (χ0) is 19.1. The SMILES string of the molecule is CCC1(C)CCN(c2cnc3c(C(C)(O)c4ccccc4)[nH]nc3n2)CC1. The van der Waals surface area contributed by atoms with E-state index in [1.807, 2.05) is 30.3 Å². The summed E-state index contributed by atoms with van der Waals surface area (Å²) in [6.45, 7) is 8.37. The van der Waals surface area contributed by atoms with Gasteiger partial charge in [0.25, 0.3) is 0 Å². The molecule has 0 radical (unpaired) electrons. The van der Waals surface area contributed by atoms with E-state index < -0.39 is 5.60 Å². The number of hydrogen-bond acceptors (Lipinski definition) is 5. The average molecular weight is 365 g/mol. The quantitative estimate of drug-likeness (QED) is 0.738. The van der Waals surface area contributed by atoms with Crippen molar-refractivity contribution in [3.05, 3.63) is 47.8 Å². The van der Waals surface area contributed by atoms with Crippen LogP contribution < -0.4 is 4.90 Å². The summed E-state index contributed by atoms with van der Waals surface area (Å²) in [6, 6.07) is 9.54. The van der Waals surface area contributed by atoms with Gasteiger partial charge in [0.15, 0.2) is 0 Å². The largest absolute Gasteiger partial charge is 0.379 e. The molecule has 1 fully saturated rings. The first kappa shape index (κ1) is 17.9. The molecule has 1 aliphatic heterocycles. The Kier molecular flexibility index (Phi) is 4.38. The molecule has 1 atom stereocenters. The first-order valence-corrected chi connectivity index (χ1v) is 9.67. The maximum Gasteiger partial charge on any atom is 0.201 e. The van der Waals surface area contributed by atoms with Crippen LogP contribution in [0, 0.1) is 5.41 Å². The predicted octanol–water partition coefficient (Wildman–Crippen LogP) is 3.63. The van der Waals surface area contributed by atoms with Crippen LogP contribution in [-0.2, 0) is 5.60 Å². The highest BCUT2D eigenvalue weighted by molar-refractivity contribution is 5.76. The molecule has 0 bridgehead atoms. The molecule has 6 heteroatoms. The molecule has 0 aliphatic carbocycles. The Bertz CT molecular complexity index is 926. The highest BCUT2D eigenvalue weighted by Crippen LogP contribution is 2.36. The summed E-state index contributed by atoms with van der Waals surface area (Å²) in [4.78, 5) is 11.6. The van der Waals surface area contributed by atoms with Crippen molar-refractivity contribution < 1.29 is 5.11 Å². The fraction of sp³-hybridized carbons (Fsp3) is 0.476. The summed E-state index contributed by atoms with van der Waals surface area (Å²) in [5, 5.41) is 18.4. The standard InChI is InChI=1S/C21H27N5O/c1-4-20(2)10-12-26(13-11-20)16-14-22-17-18(24-25-19(17)23-16)21(3,27)15-8-6-5-7-9-15/h5-9,14,27H,4,10-13H2,1-3H3,(H,23,24,25). The lowest BCUT2D eigenvalue weighted by atomic mass is 9.78. The van der Waals surface area contributed by atoms with Gasteiger partial charge in [-0.2, -0.15) is 5.10 Å². The molecule has 0 amide bonds. The van der Waals surface area contributed by atoms with Gasteiger partial charge in [0.1, 0.15) is 16.9 Å². The van der Waals surface area contributed by atoms with Crippen molar-refractivity contribution in [1.29, 1.82) is 0 Å². The minimum atomic E-state index is -1.21. The number of H-pyrrole nitrogens is 1. The summed E-state index contributed by atoms with van der Waals surface area (Å²) in [7, 11) is 0. The number of aromatic nitrogens is 4. The van der Waals surface area contributed by atoms with E-state index in [0.717, 1.165) is 37.3 Å². The van der Waals surface area contributed by atoms with Crippen LogP contribution in [0.5, 0.6) is 0 Å². The second-order valence-electron chi connectivity index (χ2n) is 8.09. The number of nitrogens with zero attached hydrogens (tertiary/aromatic N) is 4. The van der Waals surface area contributed by atoms with Crippen molar-refractivity contribution in [1.82, 2.24) is 20.2 Å². The Hall–Kier alpha value is -2.47. The Balaban J connectivity index is 1.63. The van der Waals surface area contributed by atoms with Gasteiger partial charge in [-0.05, 0) is 30.7 Å². The van der Waals surface area contributed by atoms with Crippen molar-refractivity contribution in [3.8, 4) is 0 Å². The van der Waals surface area contributed by atoms with E-state index in [1.54, 1.807) is 13.1 Å². The molecule has 1 saturated heterocycles. The average Bonchev–Trinajstić information content (AvgIpc) is 3.13. The highest BCUT2D eigenvalue weighted by Gasteiger charge is 2.32. The molecular weight excluding hydrogens is 338 g/mol. The van der Waals surface area contributed by atoms with Crippen LogP contribution in [0.2, 0.25) is 0 Å². The third-order valence-electron chi connectivity index (χ3n) is 6.22. The number of benzene rings is 1. The third-order valence-corrected chi connectivity index (χ3v) is 6.22. The number of aliphatic hydroxyl groups is 1. The van der Waals surface area contributed by atoms with Crippen LogP contribution in [0.3, 0.4) is 0 Å². The summed E-state index contributed by atoms with van der Waals surface area (Å²) in [5.74, 6) is 0.859. The molecule has 2 aromatic heterocycles. The summed E-state index contributed by atoms with van der Waals surface area (Å²) >= 11 is 0. The van der Waals surface area contributed by atoms with Gasteiger partial charge in [0.05, 0.1) is 11.9 Å². The number of nitrogens with one attached hydrogen (secondary N) is 1. The Morgan fingerprint density at radius 1 is 1.22 bits per heavy atom. The smallest absolute Gasteiger partial charge is 0.201 e. The van der Waals surface area contributed by atoms with Gasteiger partial charge in [-0.1, -0.05) is 50.6 Å². The minimum absolute atomic E-state index is 0.432. The first-order valence-electron chi connectivity index (χ1n) is 9.67. The van der Waals surface area contributed by atoms with Crippen molar-refractivity contribution in [2.24, 2.45) is 5.41 Å². The summed E-state index contributed by atoms with van der Waals surface area (Å²) in [5.41, 5.74) is 1.74.